The third-order valence-corrected chi connectivity index (χ3v) is 6.60. The fourth-order valence-electron chi connectivity index (χ4n) is 4.56. The first-order chi connectivity index (χ1) is 14.8. The molecule has 30 heavy (non-hydrogen) atoms. The summed E-state index contributed by atoms with van der Waals surface area (Å²) in [6.07, 6.45) is 32.5. The summed E-state index contributed by atoms with van der Waals surface area (Å²) in [5.41, 5.74) is 0. The molecule has 0 spiro atoms. The summed E-state index contributed by atoms with van der Waals surface area (Å²) in [7, 11) is 0. The molecule has 1 aromatic rings. The van der Waals surface area contributed by atoms with E-state index >= 15 is 0 Å². The van der Waals surface area contributed by atoms with Gasteiger partial charge in [0.05, 0.1) is 13.1 Å². The molecule has 1 aromatic heterocycles. The van der Waals surface area contributed by atoms with Gasteiger partial charge in [-0.15, -0.1) is 0 Å². The monoisotopic (exact) mass is 419 g/mol. The van der Waals surface area contributed by atoms with Crippen LogP contribution in [0.25, 0.3) is 0 Å². The van der Waals surface area contributed by atoms with Gasteiger partial charge in [-0.25, -0.2) is 9.13 Å². The molecule has 0 aliphatic rings. The number of rotatable bonds is 22. The van der Waals surface area contributed by atoms with Crippen molar-refractivity contribution in [3.63, 3.8) is 0 Å². The summed E-state index contributed by atoms with van der Waals surface area (Å²) in [4.78, 5) is 0. The van der Waals surface area contributed by atoms with E-state index in [-0.39, 0.29) is 0 Å². The van der Waals surface area contributed by atoms with E-state index in [0.717, 1.165) is 0 Å². The van der Waals surface area contributed by atoms with Gasteiger partial charge in [-0.2, -0.15) is 0 Å². The van der Waals surface area contributed by atoms with Gasteiger partial charge in [0, 0.05) is 6.42 Å². The Balaban J connectivity index is 2.41. The average molecular weight is 420 g/mol. The lowest BCUT2D eigenvalue weighted by Crippen LogP contribution is -2.37. The van der Waals surface area contributed by atoms with E-state index in [1.807, 2.05) is 0 Å². The van der Waals surface area contributed by atoms with Gasteiger partial charge in [-0.3, -0.25) is 0 Å². The second kappa shape index (κ2) is 20.1. The standard InChI is InChI=1S/C28H55N2/c1-4-7-10-13-15-16-17-20-23-28-29(24-21-18-12-9-6-3)26-27-30(28)25-22-19-14-11-8-5-2/h26-27H,4-25H2,1-3H3/q+1. The number of aromatic nitrogens is 2. The zero-order valence-electron chi connectivity index (χ0n) is 21.1. The molecule has 0 saturated heterocycles. The van der Waals surface area contributed by atoms with Crippen molar-refractivity contribution in [2.24, 2.45) is 0 Å². The molecule has 0 aliphatic carbocycles. The van der Waals surface area contributed by atoms with Gasteiger partial charge < -0.3 is 0 Å². The van der Waals surface area contributed by atoms with Gasteiger partial charge in [0.1, 0.15) is 12.4 Å². The Bertz CT molecular complexity index is 477. The minimum absolute atomic E-state index is 1.22. The number of nitrogens with zero attached hydrogens (tertiary/aromatic N) is 2. The van der Waals surface area contributed by atoms with Gasteiger partial charge in [-0.1, -0.05) is 111 Å². The van der Waals surface area contributed by atoms with Crippen LogP contribution in [0, 0.1) is 0 Å². The largest absolute Gasteiger partial charge is 0.256 e. The average Bonchev–Trinajstić information content (AvgIpc) is 3.14. The molecule has 0 aliphatic heterocycles. The Hall–Kier alpha value is -0.790. The van der Waals surface area contributed by atoms with Crippen LogP contribution < -0.4 is 4.57 Å². The van der Waals surface area contributed by atoms with Crippen LogP contribution in [0.5, 0.6) is 0 Å². The molecule has 0 aromatic carbocycles. The molecule has 0 radical (unpaired) electrons. The molecule has 2 heteroatoms. The van der Waals surface area contributed by atoms with E-state index in [9.17, 15) is 0 Å². The van der Waals surface area contributed by atoms with Crippen molar-refractivity contribution in [3.8, 4) is 0 Å². The fourth-order valence-corrected chi connectivity index (χ4v) is 4.56. The zero-order chi connectivity index (χ0) is 21.7. The van der Waals surface area contributed by atoms with Crippen LogP contribution in [0.1, 0.15) is 149 Å². The van der Waals surface area contributed by atoms with Crippen LogP contribution in [0.15, 0.2) is 12.4 Å². The van der Waals surface area contributed by atoms with Crippen molar-refractivity contribution in [2.45, 2.75) is 162 Å². The highest BCUT2D eigenvalue weighted by Gasteiger charge is 2.16. The van der Waals surface area contributed by atoms with Crippen LogP contribution >= 0.6 is 0 Å². The Morgan fingerprint density at radius 1 is 0.567 bits per heavy atom. The molecule has 2 nitrogen and oxygen atoms in total. The SMILES string of the molecule is CCCCCCCCCCc1n(CCCCCCCC)cc[n+]1CCCCCCC. The van der Waals surface area contributed by atoms with Crippen molar-refractivity contribution in [2.75, 3.05) is 0 Å². The van der Waals surface area contributed by atoms with Crippen LogP contribution in [0.2, 0.25) is 0 Å². The van der Waals surface area contributed by atoms with Crippen molar-refractivity contribution in [1.29, 1.82) is 0 Å². The van der Waals surface area contributed by atoms with E-state index in [0.29, 0.717) is 0 Å². The molecular weight excluding hydrogens is 364 g/mol. The number of hydrogen-bond acceptors (Lipinski definition) is 0. The van der Waals surface area contributed by atoms with Crippen LogP contribution in [0.4, 0.5) is 0 Å². The molecule has 0 amide bonds. The number of unbranched alkanes of at least 4 members (excludes halogenated alkanes) is 16. The summed E-state index contributed by atoms with van der Waals surface area (Å²) in [6, 6.07) is 0. The molecule has 0 saturated carbocycles. The third-order valence-electron chi connectivity index (χ3n) is 6.60. The fraction of sp³-hybridized carbons (Fsp3) is 0.893. The summed E-state index contributed by atoms with van der Waals surface area (Å²) in [6.45, 7) is 9.36. The summed E-state index contributed by atoms with van der Waals surface area (Å²) >= 11 is 0. The highest BCUT2D eigenvalue weighted by Crippen LogP contribution is 2.12. The number of aryl methyl sites for hydroxylation is 2. The van der Waals surface area contributed by atoms with E-state index in [4.69, 9.17) is 0 Å². The molecule has 1 heterocycles. The first-order valence-corrected chi connectivity index (χ1v) is 13.9. The first-order valence-electron chi connectivity index (χ1n) is 13.9. The minimum Gasteiger partial charge on any atom is -0.234 e. The topological polar surface area (TPSA) is 8.81 Å². The first kappa shape index (κ1) is 27.2. The van der Waals surface area contributed by atoms with Gasteiger partial charge in [0.2, 0.25) is 0 Å². The van der Waals surface area contributed by atoms with Crippen LogP contribution in [0.3, 0.4) is 0 Å². The van der Waals surface area contributed by atoms with Gasteiger partial charge >= 0.3 is 0 Å². The highest BCUT2D eigenvalue weighted by molar-refractivity contribution is 4.84. The lowest BCUT2D eigenvalue weighted by atomic mass is 10.1. The zero-order valence-corrected chi connectivity index (χ0v) is 21.1. The molecule has 0 fully saturated rings. The van der Waals surface area contributed by atoms with Gasteiger partial charge in [-0.05, 0) is 32.1 Å². The second-order valence-corrected chi connectivity index (χ2v) is 9.51. The lowest BCUT2D eigenvalue weighted by molar-refractivity contribution is -0.704. The summed E-state index contributed by atoms with van der Waals surface area (Å²) in [5.74, 6) is 1.60. The van der Waals surface area contributed by atoms with Crippen molar-refractivity contribution in [3.05, 3.63) is 18.2 Å². The Morgan fingerprint density at radius 2 is 1.03 bits per heavy atom. The van der Waals surface area contributed by atoms with Crippen molar-refractivity contribution < 1.29 is 4.57 Å². The minimum atomic E-state index is 1.22. The highest BCUT2D eigenvalue weighted by atomic mass is 15.1. The van der Waals surface area contributed by atoms with E-state index < -0.39 is 0 Å². The molecule has 176 valence electrons. The quantitative estimate of drug-likeness (QED) is 0.131. The Kier molecular flexibility index (Phi) is 18.3. The number of hydrogen-bond donors (Lipinski definition) is 0. The van der Waals surface area contributed by atoms with E-state index in [2.05, 4.69) is 42.3 Å². The predicted molar refractivity (Wildman–Crippen MR) is 133 cm³/mol. The van der Waals surface area contributed by atoms with Gasteiger partial charge in [0.15, 0.2) is 0 Å². The van der Waals surface area contributed by atoms with Crippen LogP contribution in [-0.2, 0) is 19.5 Å². The van der Waals surface area contributed by atoms with Gasteiger partial charge in [0.25, 0.3) is 5.82 Å². The molecule has 0 bridgehead atoms. The maximum Gasteiger partial charge on any atom is 0.256 e. The molecular formula is C28H55N2+. The van der Waals surface area contributed by atoms with Crippen LogP contribution in [-0.4, -0.2) is 4.57 Å². The maximum atomic E-state index is 2.59. The lowest BCUT2D eigenvalue weighted by Gasteiger charge is -2.07. The Labute approximate surface area is 189 Å². The summed E-state index contributed by atoms with van der Waals surface area (Å²) in [5, 5.41) is 0. The van der Waals surface area contributed by atoms with Crippen molar-refractivity contribution in [1.82, 2.24) is 4.57 Å². The maximum absolute atomic E-state index is 2.59. The molecule has 0 atom stereocenters. The second-order valence-electron chi connectivity index (χ2n) is 9.51. The summed E-state index contributed by atoms with van der Waals surface area (Å²) < 4.78 is 5.18. The molecule has 0 N–H and O–H groups in total. The smallest absolute Gasteiger partial charge is 0.234 e. The van der Waals surface area contributed by atoms with E-state index in [1.165, 1.54) is 142 Å². The molecule has 0 unspecified atom stereocenters. The third kappa shape index (κ3) is 13.5. The number of imidazole rings is 1. The van der Waals surface area contributed by atoms with Crippen molar-refractivity contribution >= 4 is 0 Å². The predicted octanol–water partition coefficient (Wildman–Crippen LogP) is 8.79. The Morgan fingerprint density at radius 3 is 1.60 bits per heavy atom. The molecule has 1 rings (SSSR count). The van der Waals surface area contributed by atoms with E-state index in [1.54, 1.807) is 5.82 Å². The normalized spacial score (nSPS) is 11.4.